The number of ketones is 1. The van der Waals surface area contributed by atoms with Crippen LogP contribution in [0.5, 0.6) is 0 Å². The molecule has 1 aliphatic heterocycles. The van der Waals surface area contributed by atoms with Crippen molar-refractivity contribution < 1.29 is 14.7 Å². The third-order valence-corrected chi connectivity index (χ3v) is 4.63. The van der Waals surface area contributed by atoms with Crippen LogP contribution in [0.4, 0.5) is 0 Å². The summed E-state index contributed by atoms with van der Waals surface area (Å²) in [4.78, 5) is 26.5. The van der Waals surface area contributed by atoms with Gasteiger partial charge in [-0.2, -0.15) is 0 Å². The molecular weight excluding hydrogens is 382 g/mol. The minimum absolute atomic E-state index is 0.0976. The van der Waals surface area contributed by atoms with E-state index < -0.39 is 17.7 Å². The first-order valence-corrected chi connectivity index (χ1v) is 8.54. The highest BCUT2D eigenvalue weighted by molar-refractivity contribution is 9.10. The molecular formula is C20H16BrNO3. The van der Waals surface area contributed by atoms with E-state index in [0.29, 0.717) is 5.56 Å². The summed E-state index contributed by atoms with van der Waals surface area (Å²) in [6.45, 7) is 3.88. The molecule has 126 valence electrons. The van der Waals surface area contributed by atoms with Crippen LogP contribution in [0.3, 0.4) is 0 Å². The molecule has 0 bridgehead atoms. The summed E-state index contributed by atoms with van der Waals surface area (Å²) in [7, 11) is 0. The van der Waals surface area contributed by atoms with Gasteiger partial charge in [0.15, 0.2) is 0 Å². The Morgan fingerprint density at radius 2 is 1.76 bits per heavy atom. The lowest BCUT2D eigenvalue weighted by Gasteiger charge is -2.24. The average Bonchev–Trinajstić information content (AvgIpc) is 2.88. The first-order valence-electron chi connectivity index (χ1n) is 7.74. The number of carbonyl (C=O) groups is 2. The van der Waals surface area contributed by atoms with Gasteiger partial charge in [0.1, 0.15) is 5.76 Å². The second kappa shape index (κ2) is 7.07. The second-order valence-electron chi connectivity index (χ2n) is 5.66. The molecule has 25 heavy (non-hydrogen) atoms. The minimum Gasteiger partial charge on any atom is -0.507 e. The van der Waals surface area contributed by atoms with Gasteiger partial charge in [0, 0.05) is 16.6 Å². The molecule has 0 saturated carbocycles. The molecule has 1 heterocycles. The molecule has 0 aliphatic carbocycles. The number of benzene rings is 2. The monoisotopic (exact) mass is 397 g/mol. The average molecular weight is 398 g/mol. The van der Waals surface area contributed by atoms with E-state index in [9.17, 15) is 14.7 Å². The molecule has 1 fully saturated rings. The van der Waals surface area contributed by atoms with Crippen LogP contribution in [-0.4, -0.2) is 28.2 Å². The van der Waals surface area contributed by atoms with E-state index in [0.717, 1.165) is 10.0 Å². The van der Waals surface area contributed by atoms with Crippen molar-refractivity contribution in [1.82, 2.24) is 4.90 Å². The van der Waals surface area contributed by atoms with Crippen LogP contribution >= 0.6 is 15.9 Å². The van der Waals surface area contributed by atoms with Gasteiger partial charge in [0.05, 0.1) is 11.6 Å². The molecule has 1 aliphatic rings. The van der Waals surface area contributed by atoms with Crippen LogP contribution < -0.4 is 0 Å². The van der Waals surface area contributed by atoms with Gasteiger partial charge in [-0.3, -0.25) is 9.59 Å². The normalized spacial score (nSPS) is 19.2. The van der Waals surface area contributed by atoms with Crippen LogP contribution in [0, 0.1) is 0 Å². The van der Waals surface area contributed by atoms with Gasteiger partial charge in [0.2, 0.25) is 0 Å². The highest BCUT2D eigenvalue weighted by Gasteiger charge is 2.45. The number of likely N-dealkylation sites (tertiary alicyclic amines) is 1. The summed E-state index contributed by atoms with van der Waals surface area (Å²) >= 11 is 3.34. The molecule has 0 aromatic heterocycles. The smallest absolute Gasteiger partial charge is 0.295 e. The highest BCUT2D eigenvalue weighted by Crippen LogP contribution is 2.39. The van der Waals surface area contributed by atoms with Crippen molar-refractivity contribution in [2.75, 3.05) is 6.54 Å². The zero-order valence-electron chi connectivity index (χ0n) is 13.4. The summed E-state index contributed by atoms with van der Waals surface area (Å²) in [5, 5.41) is 10.8. The molecule has 4 nitrogen and oxygen atoms in total. The van der Waals surface area contributed by atoms with Crippen LogP contribution in [0.1, 0.15) is 17.2 Å². The van der Waals surface area contributed by atoms with Crippen molar-refractivity contribution in [2.45, 2.75) is 6.04 Å². The third-order valence-electron chi connectivity index (χ3n) is 4.10. The number of nitrogens with zero attached hydrogens (tertiary/aromatic N) is 1. The maximum atomic E-state index is 12.6. The number of halogens is 1. The maximum Gasteiger partial charge on any atom is 0.295 e. The lowest BCUT2D eigenvalue weighted by atomic mass is 9.95. The summed E-state index contributed by atoms with van der Waals surface area (Å²) < 4.78 is 0.857. The first kappa shape index (κ1) is 17.2. The standard InChI is InChI=1S/C20H16BrNO3/c1-2-12-22-17(13-6-4-3-5-7-13)16(19(24)20(22)25)18(23)14-8-10-15(21)11-9-14/h2-11,17,23H,1,12H2. The van der Waals surface area contributed by atoms with Crippen LogP contribution in [0.2, 0.25) is 0 Å². The summed E-state index contributed by atoms with van der Waals surface area (Å²) in [6.07, 6.45) is 1.57. The zero-order chi connectivity index (χ0) is 18.0. The Bertz CT molecular complexity index is 856. The van der Waals surface area contributed by atoms with E-state index in [1.807, 2.05) is 30.3 Å². The Morgan fingerprint density at radius 3 is 2.36 bits per heavy atom. The van der Waals surface area contributed by atoms with Gasteiger partial charge in [-0.05, 0) is 17.7 Å². The fourth-order valence-corrected chi connectivity index (χ4v) is 3.22. The third kappa shape index (κ3) is 3.15. The van der Waals surface area contributed by atoms with E-state index in [1.54, 1.807) is 30.3 Å². The fourth-order valence-electron chi connectivity index (χ4n) is 2.95. The zero-order valence-corrected chi connectivity index (χ0v) is 14.9. The molecule has 1 amide bonds. The summed E-state index contributed by atoms with van der Waals surface area (Å²) in [6, 6.07) is 15.5. The van der Waals surface area contributed by atoms with Gasteiger partial charge in [-0.15, -0.1) is 6.58 Å². The Labute approximate surface area is 154 Å². The number of amides is 1. The molecule has 0 spiro atoms. The van der Waals surface area contributed by atoms with E-state index in [1.165, 1.54) is 4.90 Å². The van der Waals surface area contributed by atoms with Crippen LogP contribution in [0.25, 0.3) is 5.76 Å². The Hall–Kier alpha value is -2.66. The molecule has 1 N–H and O–H groups in total. The lowest BCUT2D eigenvalue weighted by Crippen LogP contribution is -2.29. The predicted molar refractivity (Wildman–Crippen MR) is 99.8 cm³/mol. The molecule has 5 heteroatoms. The summed E-state index contributed by atoms with van der Waals surface area (Å²) in [5.74, 6) is -1.49. The molecule has 2 aromatic carbocycles. The Morgan fingerprint density at radius 1 is 1.12 bits per heavy atom. The van der Waals surface area contributed by atoms with Crippen molar-refractivity contribution >= 4 is 33.4 Å². The number of rotatable bonds is 4. The van der Waals surface area contributed by atoms with E-state index in [-0.39, 0.29) is 17.9 Å². The van der Waals surface area contributed by atoms with Crippen molar-refractivity contribution in [3.05, 3.63) is 88.4 Å². The van der Waals surface area contributed by atoms with Gasteiger partial charge in [0.25, 0.3) is 11.7 Å². The Kier molecular flexibility index (Phi) is 4.86. The van der Waals surface area contributed by atoms with Gasteiger partial charge < -0.3 is 10.0 Å². The Balaban J connectivity index is 2.19. The van der Waals surface area contributed by atoms with Crippen molar-refractivity contribution in [1.29, 1.82) is 0 Å². The molecule has 2 aromatic rings. The molecule has 3 rings (SSSR count). The number of Topliss-reactive ketones (excluding diaryl/α,β-unsaturated/α-hetero) is 1. The quantitative estimate of drug-likeness (QED) is 0.366. The number of hydrogen-bond donors (Lipinski definition) is 1. The van der Waals surface area contributed by atoms with Crippen molar-refractivity contribution in [3.63, 3.8) is 0 Å². The molecule has 1 atom stereocenters. The lowest BCUT2D eigenvalue weighted by molar-refractivity contribution is -0.139. The fraction of sp³-hybridized carbons (Fsp3) is 0.100. The molecule has 0 radical (unpaired) electrons. The van der Waals surface area contributed by atoms with Crippen LogP contribution in [0.15, 0.2) is 77.3 Å². The maximum absolute atomic E-state index is 12.6. The minimum atomic E-state index is -0.684. The van der Waals surface area contributed by atoms with E-state index in [2.05, 4.69) is 22.5 Å². The number of carbonyl (C=O) groups excluding carboxylic acids is 2. The topological polar surface area (TPSA) is 57.6 Å². The molecule has 1 saturated heterocycles. The van der Waals surface area contributed by atoms with E-state index >= 15 is 0 Å². The first-order chi connectivity index (χ1) is 12.0. The van der Waals surface area contributed by atoms with Gasteiger partial charge in [-0.1, -0.05) is 64.5 Å². The largest absolute Gasteiger partial charge is 0.507 e. The van der Waals surface area contributed by atoms with Gasteiger partial charge in [-0.25, -0.2) is 0 Å². The van der Waals surface area contributed by atoms with Crippen molar-refractivity contribution in [3.8, 4) is 0 Å². The van der Waals surface area contributed by atoms with Gasteiger partial charge >= 0.3 is 0 Å². The van der Waals surface area contributed by atoms with Crippen LogP contribution in [-0.2, 0) is 9.59 Å². The number of aliphatic hydroxyl groups is 1. The van der Waals surface area contributed by atoms with E-state index in [4.69, 9.17) is 0 Å². The molecule has 1 unspecified atom stereocenters. The SMILES string of the molecule is C=CCN1C(=O)C(=O)C(=C(O)c2ccc(Br)cc2)C1c1ccccc1. The number of hydrogen-bond acceptors (Lipinski definition) is 3. The predicted octanol–water partition coefficient (Wildman–Crippen LogP) is 4.06. The second-order valence-corrected chi connectivity index (χ2v) is 6.57. The summed E-state index contributed by atoms with van der Waals surface area (Å²) in [5.41, 5.74) is 1.35. The van der Waals surface area contributed by atoms with Crippen molar-refractivity contribution in [2.24, 2.45) is 0 Å². The highest BCUT2D eigenvalue weighted by atomic mass is 79.9. The number of aliphatic hydroxyl groups excluding tert-OH is 1.